The molecule has 4 atom stereocenters. The number of hydrogen-bond acceptors (Lipinski definition) is 7. The van der Waals surface area contributed by atoms with Crippen molar-refractivity contribution in [1.29, 1.82) is 0 Å². The predicted octanol–water partition coefficient (Wildman–Crippen LogP) is 7.43. The van der Waals surface area contributed by atoms with Crippen LogP contribution >= 0.6 is 0 Å². The van der Waals surface area contributed by atoms with Crippen molar-refractivity contribution in [2.24, 2.45) is 0 Å². The van der Waals surface area contributed by atoms with Gasteiger partial charge in [0, 0.05) is 25.7 Å². The molecule has 2 aliphatic heterocycles. The van der Waals surface area contributed by atoms with E-state index < -0.39 is 6.04 Å². The van der Waals surface area contributed by atoms with Crippen molar-refractivity contribution in [1.82, 2.24) is 44.9 Å². The number of benzene rings is 4. The summed E-state index contributed by atoms with van der Waals surface area (Å²) in [6.07, 6.45) is 5.24. The molecule has 4 aromatic carbocycles. The minimum absolute atomic E-state index is 0.0151. The zero-order valence-electron chi connectivity index (χ0n) is 34.9. The molecule has 3 amide bonds. The van der Waals surface area contributed by atoms with Crippen LogP contribution < -0.4 is 5.32 Å². The molecule has 6 aromatic rings. The van der Waals surface area contributed by atoms with E-state index in [1.54, 1.807) is 7.05 Å². The van der Waals surface area contributed by atoms with E-state index in [2.05, 4.69) is 39.6 Å². The Morgan fingerprint density at radius 1 is 0.633 bits per heavy atom. The van der Waals surface area contributed by atoms with Crippen LogP contribution in [-0.4, -0.2) is 106 Å². The first-order valence-electron chi connectivity index (χ1n) is 20.7. The molecule has 0 unspecified atom stereocenters. The number of nitrogens with zero attached hydrogens (tertiary/aromatic N) is 6. The zero-order valence-corrected chi connectivity index (χ0v) is 34.9. The number of carbonyl (C=O) groups excluding carboxylic acids is 3. The summed E-state index contributed by atoms with van der Waals surface area (Å²) in [7, 11) is 9.34. The maximum absolute atomic E-state index is 14.1. The number of rotatable bonds is 12. The predicted molar refractivity (Wildman–Crippen MR) is 234 cm³/mol. The summed E-state index contributed by atoms with van der Waals surface area (Å²) in [5, 5.41) is 2.74. The topological polar surface area (TPSA) is 134 Å². The average molecular weight is 804 g/mol. The summed E-state index contributed by atoms with van der Waals surface area (Å²) >= 11 is 0. The zero-order chi connectivity index (χ0) is 41.9. The van der Waals surface area contributed by atoms with E-state index in [9.17, 15) is 14.4 Å². The molecule has 0 spiro atoms. The molecule has 0 radical (unpaired) electrons. The lowest BCUT2D eigenvalue weighted by Gasteiger charge is -2.31. The minimum Gasteiger partial charge on any atom is -0.354 e. The van der Waals surface area contributed by atoms with Gasteiger partial charge < -0.3 is 25.1 Å². The fourth-order valence-electron chi connectivity index (χ4n) is 8.90. The lowest BCUT2D eigenvalue weighted by atomic mass is 10.0. The number of carbonyl (C=O) groups is 3. The molecule has 0 aliphatic carbocycles. The second-order valence-electron chi connectivity index (χ2n) is 16.2. The molecule has 60 heavy (non-hydrogen) atoms. The van der Waals surface area contributed by atoms with E-state index >= 15 is 0 Å². The Hall–Kier alpha value is -6.37. The quantitative estimate of drug-likeness (QED) is 0.117. The molecule has 12 nitrogen and oxygen atoms in total. The smallest absolute Gasteiger partial charge is 0.271 e. The molecule has 4 heterocycles. The van der Waals surface area contributed by atoms with E-state index in [0.717, 1.165) is 70.6 Å². The first-order valence-corrected chi connectivity index (χ1v) is 20.7. The number of likely N-dealkylation sites (N-methyl/N-ethyl adjacent to an activating group) is 2. The van der Waals surface area contributed by atoms with Crippen LogP contribution in [-0.2, 0) is 9.59 Å². The van der Waals surface area contributed by atoms with Crippen LogP contribution in [0.2, 0.25) is 0 Å². The Bertz CT molecular complexity index is 2420. The minimum atomic E-state index is -0.431. The van der Waals surface area contributed by atoms with Gasteiger partial charge in [-0.25, -0.2) is 9.97 Å². The Balaban J connectivity index is 0.983. The lowest BCUT2D eigenvalue weighted by molar-refractivity contribution is -0.138. The van der Waals surface area contributed by atoms with Gasteiger partial charge >= 0.3 is 0 Å². The number of aromatic nitrogens is 4. The third-order valence-electron chi connectivity index (χ3n) is 11.9. The number of amides is 3. The van der Waals surface area contributed by atoms with E-state index in [0.29, 0.717) is 30.3 Å². The van der Waals surface area contributed by atoms with Crippen molar-refractivity contribution in [3.63, 3.8) is 0 Å². The van der Waals surface area contributed by atoms with Gasteiger partial charge in [-0.3, -0.25) is 24.2 Å². The SMILES string of the molecule is CNC(=O)c1nc([C@@H]2CCCN2C(=O)[C@@H](c2ccccc2)N(C)C)[nH]c1-c1ccc(-c2ccc(-c3cnc([C@@H]4CCCN4C(=O)[C@@H](c4ccccc4)N(C)C)[nH]3)cc2)cc1. The molecular formula is C48H53N9O3. The van der Waals surface area contributed by atoms with Gasteiger partial charge in [-0.1, -0.05) is 109 Å². The number of aromatic amines is 2. The molecule has 2 fully saturated rings. The van der Waals surface area contributed by atoms with Crippen molar-refractivity contribution in [3.05, 3.63) is 144 Å². The molecular weight excluding hydrogens is 751 g/mol. The lowest BCUT2D eigenvalue weighted by Crippen LogP contribution is -2.40. The van der Waals surface area contributed by atoms with Crippen LogP contribution in [0.4, 0.5) is 0 Å². The molecule has 2 saturated heterocycles. The van der Waals surface area contributed by atoms with Crippen LogP contribution in [0, 0.1) is 0 Å². The molecule has 308 valence electrons. The summed E-state index contributed by atoms with van der Waals surface area (Å²) in [4.78, 5) is 65.7. The maximum Gasteiger partial charge on any atom is 0.271 e. The monoisotopic (exact) mass is 803 g/mol. The van der Waals surface area contributed by atoms with Gasteiger partial charge in [0.05, 0.1) is 29.7 Å². The molecule has 0 saturated carbocycles. The highest BCUT2D eigenvalue weighted by Gasteiger charge is 2.39. The van der Waals surface area contributed by atoms with Gasteiger partial charge in [-0.15, -0.1) is 0 Å². The molecule has 2 aromatic heterocycles. The Morgan fingerprint density at radius 3 is 1.58 bits per heavy atom. The van der Waals surface area contributed by atoms with E-state index in [4.69, 9.17) is 9.97 Å². The average Bonchev–Trinajstić information content (AvgIpc) is 4.11. The van der Waals surface area contributed by atoms with Crippen LogP contribution in [0.5, 0.6) is 0 Å². The number of nitrogens with one attached hydrogen (secondary N) is 3. The highest BCUT2D eigenvalue weighted by Crippen LogP contribution is 2.38. The molecule has 12 heteroatoms. The van der Waals surface area contributed by atoms with Crippen LogP contribution in [0.15, 0.2) is 115 Å². The van der Waals surface area contributed by atoms with Gasteiger partial charge in [0.15, 0.2) is 5.69 Å². The van der Waals surface area contributed by atoms with Crippen molar-refractivity contribution >= 4 is 17.7 Å². The van der Waals surface area contributed by atoms with Crippen molar-refractivity contribution in [2.75, 3.05) is 48.3 Å². The molecule has 0 bridgehead atoms. The number of hydrogen-bond donors (Lipinski definition) is 3. The maximum atomic E-state index is 14.1. The first-order chi connectivity index (χ1) is 29.1. The van der Waals surface area contributed by atoms with Gasteiger partial charge in [0.2, 0.25) is 11.8 Å². The summed E-state index contributed by atoms with van der Waals surface area (Å²) in [6, 6.07) is 35.0. The second-order valence-corrected chi connectivity index (χ2v) is 16.2. The number of imidazole rings is 2. The summed E-state index contributed by atoms with van der Waals surface area (Å²) < 4.78 is 0. The molecule has 8 rings (SSSR count). The van der Waals surface area contributed by atoms with Crippen LogP contribution in [0.1, 0.15) is 83.1 Å². The fourth-order valence-corrected chi connectivity index (χ4v) is 8.90. The Labute approximate surface area is 351 Å². The van der Waals surface area contributed by atoms with Crippen LogP contribution in [0.25, 0.3) is 33.6 Å². The normalized spacial score (nSPS) is 17.6. The van der Waals surface area contributed by atoms with Crippen LogP contribution in [0.3, 0.4) is 0 Å². The highest BCUT2D eigenvalue weighted by atomic mass is 16.2. The van der Waals surface area contributed by atoms with E-state index in [1.807, 2.05) is 139 Å². The van der Waals surface area contributed by atoms with Crippen molar-refractivity contribution < 1.29 is 14.4 Å². The van der Waals surface area contributed by atoms with Gasteiger partial charge in [0.1, 0.15) is 23.7 Å². The van der Waals surface area contributed by atoms with Gasteiger partial charge in [-0.2, -0.15) is 0 Å². The third-order valence-corrected chi connectivity index (χ3v) is 11.9. The Morgan fingerprint density at radius 2 is 1.10 bits per heavy atom. The van der Waals surface area contributed by atoms with Crippen molar-refractivity contribution in [3.8, 4) is 33.6 Å². The number of likely N-dealkylation sites (tertiary alicyclic amines) is 2. The first kappa shape index (κ1) is 40.4. The fraction of sp³-hybridized carbons (Fsp3) is 0.312. The standard InChI is InChI=1S/C48H53N9O3/c1-49-46(58)41-40(52-45(53-41)39-19-13-29-57(39)48(60)43(55(4)5)36-16-10-7-11-17-36)34-26-22-32(23-27-34)31-20-24-33(25-21-31)37-30-50-44(51-37)38-18-12-28-56(38)47(59)42(54(2)3)35-14-8-6-9-15-35/h6-11,14-17,20-27,30,38-39,42-43H,12-13,18-19,28-29H2,1-5H3,(H,49,58)(H,50,51)(H,52,53)/t38-,39-,42+,43+/m0/s1. The Kier molecular flexibility index (Phi) is 11.8. The molecule has 2 aliphatic rings. The largest absolute Gasteiger partial charge is 0.354 e. The number of H-pyrrole nitrogens is 2. The third kappa shape index (κ3) is 8.00. The van der Waals surface area contributed by atoms with E-state index in [-0.39, 0.29) is 35.8 Å². The molecule has 3 N–H and O–H groups in total. The summed E-state index contributed by atoms with van der Waals surface area (Å²) in [6.45, 7) is 1.32. The summed E-state index contributed by atoms with van der Waals surface area (Å²) in [5.74, 6) is 1.22. The summed E-state index contributed by atoms with van der Waals surface area (Å²) in [5.41, 5.74) is 7.62. The second kappa shape index (κ2) is 17.5. The highest BCUT2D eigenvalue weighted by molar-refractivity contribution is 5.98. The van der Waals surface area contributed by atoms with Gasteiger partial charge in [0.25, 0.3) is 5.91 Å². The van der Waals surface area contributed by atoms with Crippen molar-refractivity contribution in [2.45, 2.75) is 49.9 Å². The van der Waals surface area contributed by atoms with E-state index in [1.165, 1.54) is 0 Å². The van der Waals surface area contributed by atoms with Gasteiger partial charge in [-0.05, 0) is 81.7 Å².